The van der Waals surface area contributed by atoms with Gasteiger partial charge in [-0.05, 0) is 88.1 Å². The SMILES string of the molecule is C[C@@H](CC(=O)c1c2n(c(=O)n1-c1ccc(-n3cccn3)cc1)CCN(C(=O)c1ccc(Br)c(Cl)c1)C2)c1ccccc1-n1cccn1. The lowest BCUT2D eigenvalue weighted by Gasteiger charge is -2.28. The summed E-state index contributed by atoms with van der Waals surface area (Å²) in [5, 5.41) is 9.11. The fraction of sp³-hybridized carbons (Fsp3) is 0.171. The third kappa shape index (κ3) is 5.77. The molecule has 1 amide bonds. The zero-order chi connectivity index (χ0) is 32.7. The van der Waals surface area contributed by atoms with Gasteiger partial charge in [0.2, 0.25) is 0 Å². The normalized spacial score (nSPS) is 13.4. The molecule has 7 rings (SSSR count). The maximum Gasteiger partial charge on any atom is 0.333 e. The van der Waals surface area contributed by atoms with E-state index in [9.17, 15) is 14.4 Å². The molecule has 1 aliphatic rings. The van der Waals surface area contributed by atoms with Gasteiger partial charge in [0.25, 0.3) is 5.91 Å². The first-order chi connectivity index (χ1) is 22.8. The van der Waals surface area contributed by atoms with Gasteiger partial charge in [0.05, 0.1) is 34.3 Å². The molecule has 12 heteroatoms. The van der Waals surface area contributed by atoms with Gasteiger partial charge in [-0.2, -0.15) is 10.2 Å². The van der Waals surface area contributed by atoms with Gasteiger partial charge in [0.15, 0.2) is 5.78 Å². The molecule has 0 spiro atoms. The summed E-state index contributed by atoms with van der Waals surface area (Å²) in [5.74, 6) is -0.625. The van der Waals surface area contributed by atoms with E-state index in [0.717, 1.165) is 16.9 Å². The van der Waals surface area contributed by atoms with Crippen LogP contribution in [0.3, 0.4) is 0 Å². The third-order valence-electron chi connectivity index (χ3n) is 8.48. The summed E-state index contributed by atoms with van der Waals surface area (Å²) in [6.45, 7) is 2.65. The van der Waals surface area contributed by atoms with Gasteiger partial charge in [0.1, 0.15) is 5.69 Å². The van der Waals surface area contributed by atoms with Crippen molar-refractivity contribution in [3.05, 3.63) is 146 Å². The van der Waals surface area contributed by atoms with E-state index in [0.29, 0.717) is 33.0 Å². The Balaban J connectivity index is 1.28. The van der Waals surface area contributed by atoms with E-state index >= 15 is 0 Å². The molecule has 0 fully saturated rings. The number of amides is 1. The molecule has 0 aliphatic carbocycles. The number of para-hydroxylation sites is 1. The molecule has 1 aliphatic heterocycles. The van der Waals surface area contributed by atoms with Crippen LogP contribution in [0.4, 0.5) is 0 Å². The number of rotatable bonds is 8. The second-order valence-corrected chi connectivity index (χ2v) is 12.7. The molecule has 3 aromatic carbocycles. The molecule has 236 valence electrons. The van der Waals surface area contributed by atoms with Crippen LogP contribution in [0.2, 0.25) is 5.02 Å². The van der Waals surface area contributed by atoms with Crippen molar-refractivity contribution < 1.29 is 9.59 Å². The van der Waals surface area contributed by atoms with E-state index in [4.69, 9.17) is 11.6 Å². The Morgan fingerprint density at radius 2 is 1.60 bits per heavy atom. The second-order valence-electron chi connectivity index (χ2n) is 11.4. The number of ketones is 1. The van der Waals surface area contributed by atoms with E-state index < -0.39 is 0 Å². The standard InChI is InChI=1S/C35H29BrClN7O3/c1-23(27-6-2-3-7-30(27)43-17-5-15-39-43)20-32(45)33-31-22-40(34(46)24-8-13-28(36)29(37)21-24)18-19-41(31)35(47)44(33)26-11-9-25(10-12-26)42-16-4-14-38-42/h2-17,21,23H,18-20,22H2,1H3/t23-/m0/s1. The zero-order valence-electron chi connectivity index (χ0n) is 25.3. The van der Waals surface area contributed by atoms with Crippen LogP contribution in [0.15, 0.2) is 113 Å². The summed E-state index contributed by atoms with van der Waals surface area (Å²) in [6.07, 6.45) is 7.24. The molecule has 3 aromatic heterocycles. The van der Waals surface area contributed by atoms with Gasteiger partial charge in [-0.15, -0.1) is 0 Å². The lowest BCUT2D eigenvalue weighted by Crippen LogP contribution is -2.41. The van der Waals surface area contributed by atoms with Crippen LogP contribution in [0, 0.1) is 0 Å². The Morgan fingerprint density at radius 1 is 0.894 bits per heavy atom. The highest BCUT2D eigenvalue weighted by molar-refractivity contribution is 9.10. The summed E-state index contributed by atoms with van der Waals surface area (Å²) in [6, 6.07) is 23.9. The maximum atomic E-state index is 14.5. The minimum Gasteiger partial charge on any atom is -0.331 e. The van der Waals surface area contributed by atoms with Gasteiger partial charge in [-0.3, -0.25) is 18.7 Å². The van der Waals surface area contributed by atoms with Crippen LogP contribution in [-0.2, 0) is 13.1 Å². The molecule has 10 nitrogen and oxygen atoms in total. The van der Waals surface area contributed by atoms with Crippen molar-refractivity contribution in [2.45, 2.75) is 32.4 Å². The number of benzene rings is 3. The van der Waals surface area contributed by atoms with E-state index in [1.54, 1.807) is 49.4 Å². The second kappa shape index (κ2) is 12.7. The van der Waals surface area contributed by atoms with Gasteiger partial charge < -0.3 is 4.90 Å². The summed E-state index contributed by atoms with van der Waals surface area (Å²) < 4.78 is 7.30. The van der Waals surface area contributed by atoms with Crippen molar-refractivity contribution in [2.75, 3.05) is 6.54 Å². The van der Waals surface area contributed by atoms with Crippen molar-refractivity contribution >= 4 is 39.2 Å². The van der Waals surface area contributed by atoms with Gasteiger partial charge in [-0.25, -0.2) is 14.2 Å². The molecule has 0 radical (unpaired) electrons. The van der Waals surface area contributed by atoms with Crippen molar-refractivity contribution in [1.82, 2.24) is 33.6 Å². The van der Waals surface area contributed by atoms with Crippen LogP contribution in [0.1, 0.15) is 51.4 Å². The number of imidazole rings is 1. The number of nitrogens with zero attached hydrogens (tertiary/aromatic N) is 7. The molecule has 0 bridgehead atoms. The minimum absolute atomic E-state index is 0.0967. The summed E-state index contributed by atoms with van der Waals surface area (Å²) >= 11 is 9.68. The Hall–Kier alpha value is -5.00. The van der Waals surface area contributed by atoms with E-state index in [1.807, 2.05) is 80.0 Å². The van der Waals surface area contributed by atoms with Crippen molar-refractivity contribution in [3.63, 3.8) is 0 Å². The smallest absolute Gasteiger partial charge is 0.331 e. The van der Waals surface area contributed by atoms with Crippen LogP contribution in [-0.4, -0.2) is 51.8 Å². The summed E-state index contributed by atoms with van der Waals surface area (Å²) in [5.41, 5.74) is 4.10. The lowest BCUT2D eigenvalue weighted by molar-refractivity contribution is 0.0706. The first-order valence-electron chi connectivity index (χ1n) is 15.1. The number of fused-ring (bicyclic) bond motifs is 1. The monoisotopic (exact) mass is 709 g/mol. The first kappa shape index (κ1) is 30.6. The largest absolute Gasteiger partial charge is 0.333 e. The fourth-order valence-electron chi connectivity index (χ4n) is 6.16. The summed E-state index contributed by atoms with van der Waals surface area (Å²) in [7, 11) is 0. The number of carbonyl (C=O) groups is 2. The molecular weight excluding hydrogens is 682 g/mol. The van der Waals surface area contributed by atoms with Gasteiger partial charge in [0, 0.05) is 54.3 Å². The Morgan fingerprint density at radius 3 is 2.30 bits per heavy atom. The average Bonchev–Trinajstić information content (AvgIpc) is 3.88. The maximum absolute atomic E-state index is 14.5. The number of hydrogen-bond acceptors (Lipinski definition) is 5. The van der Waals surface area contributed by atoms with Crippen molar-refractivity contribution in [3.8, 4) is 17.1 Å². The highest BCUT2D eigenvalue weighted by atomic mass is 79.9. The molecule has 0 saturated heterocycles. The van der Waals surface area contributed by atoms with Crippen LogP contribution in [0.25, 0.3) is 17.1 Å². The summed E-state index contributed by atoms with van der Waals surface area (Å²) in [4.78, 5) is 43.8. The topological polar surface area (TPSA) is 100.0 Å². The highest BCUT2D eigenvalue weighted by Crippen LogP contribution is 2.30. The van der Waals surface area contributed by atoms with Crippen LogP contribution in [0.5, 0.6) is 0 Å². The molecule has 0 N–H and O–H groups in total. The van der Waals surface area contributed by atoms with Gasteiger partial charge >= 0.3 is 5.69 Å². The predicted molar refractivity (Wildman–Crippen MR) is 182 cm³/mol. The number of carbonyl (C=O) groups excluding carboxylic acids is 2. The van der Waals surface area contributed by atoms with E-state index in [-0.39, 0.29) is 48.5 Å². The lowest BCUT2D eigenvalue weighted by atomic mass is 9.92. The third-order valence-corrected chi connectivity index (χ3v) is 9.72. The van der Waals surface area contributed by atoms with E-state index in [1.165, 1.54) is 4.57 Å². The van der Waals surface area contributed by atoms with Crippen molar-refractivity contribution in [2.24, 2.45) is 0 Å². The molecule has 0 unspecified atom stereocenters. The van der Waals surface area contributed by atoms with E-state index in [2.05, 4.69) is 26.1 Å². The molecule has 6 aromatic rings. The molecule has 4 heterocycles. The predicted octanol–water partition coefficient (Wildman–Crippen LogP) is 6.46. The minimum atomic E-state index is -0.321. The first-order valence-corrected chi connectivity index (χ1v) is 16.3. The molecule has 1 atom stereocenters. The number of Topliss-reactive ketones (excluding diaryl/α,β-unsaturated/α-hetero) is 1. The number of hydrogen-bond donors (Lipinski definition) is 0. The zero-order valence-corrected chi connectivity index (χ0v) is 27.7. The highest BCUT2D eigenvalue weighted by Gasteiger charge is 2.33. The van der Waals surface area contributed by atoms with Crippen LogP contribution >= 0.6 is 27.5 Å². The Kier molecular flexibility index (Phi) is 8.25. The quantitative estimate of drug-likeness (QED) is 0.169. The number of halogens is 2. The molecule has 47 heavy (non-hydrogen) atoms. The average molecular weight is 711 g/mol. The number of aromatic nitrogens is 6. The molecular formula is C35H29BrClN7O3. The molecule has 0 saturated carbocycles. The van der Waals surface area contributed by atoms with Gasteiger partial charge in [-0.1, -0.05) is 36.7 Å². The van der Waals surface area contributed by atoms with Crippen molar-refractivity contribution in [1.29, 1.82) is 0 Å². The Labute approximate surface area is 283 Å². The van der Waals surface area contributed by atoms with Crippen LogP contribution < -0.4 is 5.69 Å². The fourth-order valence-corrected chi connectivity index (χ4v) is 6.58. The Bertz CT molecular complexity index is 2150.